The van der Waals surface area contributed by atoms with E-state index in [9.17, 15) is 4.79 Å². The number of benzene rings is 2. The molecular weight excluding hydrogens is 418 g/mol. The maximum Gasteiger partial charge on any atom is 0.264 e. The van der Waals surface area contributed by atoms with Gasteiger partial charge in [0.2, 0.25) is 0 Å². The number of rotatable bonds is 5. The molecule has 2 aromatic heterocycles. The van der Waals surface area contributed by atoms with Crippen LogP contribution < -0.4 is 9.64 Å². The number of nitrogens with zero attached hydrogens (tertiary/aromatic N) is 3. The van der Waals surface area contributed by atoms with Crippen LogP contribution in [0.25, 0.3) is 10.2 Å². The SMILES string of the molecule is COc1ccc(Cl)cc1C(=O)N(Cc1ccccn1)c1nc2cc(C)cc(C)c2s1. The van der Waals surface area contributed by atoms with Crippen molar-refractivity contribution in [2.75, 3.05) is 12.0 Å². The smallest absolute Gasteiger partial charge is 0.264 e. The van der Waals surface area contributed by atoms with Gasteiger partial charge in [-0.3, -0.25) is 14.7 Å². The van der Waals surface area contributed by atoms with Crippen molar-refractivity contribution in [3.05, 3.63) is 82.1 Å². The molecule has 0 spiro atoms. The van der Waals surface area contributed by atoms with Gasteiger partial charge in [-0.15, -0.1) is 0 Å². The number of thiazole rings is 1. The molecule has 0 bridgehead atoms. The third kappa shape index (κ3) is 4.01. The van der Waals surface area contributed by atoms with E-state index in [1.807, 2.05) is 31.2 Å². The van der Waals surface area contributed by atoms with Crippen molar-refractivity contribution in [1.82, 2.24) is 9.97 Å². The first-order valence-electron chi connectivity index (χ1n) is 9.39. The molecule has 4 aromatic rings. The topological polar surface area (TPSA) is 55.3 Å². The number of anilines is 1. The molecule has 0 N–H and O–H groups in total. The monoisotopic (exact) mass is 437 g/mol. The Morgan fingerprint density at radius 2 is 2.00 bits per heavy atom. The van der Waals surface area contributed by atoms with Gasteiger partial charge in [0, 0.05) is 11.2 Å². The van der Waals surface area contributed by atoms with Gasteiger partial charge >= 0.3 is 0 Å². The molecule has 0 aliphatic rings. The van der Waals surface area contributed by atoms with Gasteiger partial charge in [-0.1, -0.05) is 35.1 Å². The van der Waals surface area contributed by atoms with Crippen LogP contribution in [-0.4, -0.2) is 23.0 Å². The van der Waals surface area contributed by atoms with Gasteiger partial charge in [0.25, 0.3) is 5.91 Å². The number of hydrogen-bond donors (Lipinski definition) is 0. The molecule has 4 rings (SSSR count). The van der Waals surface area contributed by atoms with Crippen molar-refractivity contribution in [2.45, 2.75) is 20.4 Å². The Hall–Kier alpha value is -2.96. The standard InChI is InChI=1S/C23H20ClN3O2S/c1-14-10-15(2)21-19(11-14)26-23(30-21)27(13-17-6-4-5-9-25-17)22(28)18-12-16(24)7-8-20(18)29-3/h4-12H,13H2,1-3H3. The lowest BCUT2D eigenvalue weighted by Gasteiger charge is -2.21. The number of methoxy groups -OCH3 is 1. The number of ether oxygens (including phenoxy) is 1. The molecule has 0 saturated carbocycles. The Labute approximate surface area is 183 Å². The van der Waals surface area contributed by atoms with Gasteiger partial charge in [-0.05, 0) is 61.4 Å². The summed E-state index contributed by atoms with van der Waals surface area (Å²) in [6.07, 6.45) is 1.71. The largest absolute Gasteiger partial charge is 0.496 e. The van der Waals surface area contributed by atoms with Gasteiger partial charge in [-0.25, -0.2) is 4.98 Å². The number of carbonyl (C=O) groups excluding carboxylic acids is 1. The van der Waals surface area contributed by atoms with E-state index in [0.717, 1.165) is 27.0 Å². The molecular formula is C23H20ClN3O2S. The molecule has 0 unspecified atom stereocenters. The molecule has 7 heteroatoms. The second kappa shape index (κ2) is 8.42. The highest BCUT2D eigenvalue weighted by Gasteiger charge is 2.25. The molecule has 2 heterocycles. The van der Waals surface area contributed by atoms with Gasteiger partial charge < -0.3 is 4.74 Å². The number of pyridine rings is 1. The highest BCUT2D eigenvalue weighted by atomic mass is 35.5. The lowest BCUT2D eigenvalue weighted by atomic mass is 10.1. The predicted molar refractivity (Wildman–Crippen MR) is 122 cm³/mol. The first-order valence-corrected chi connectivity index (χ1v) is 10.6. The minimum atomic E-state index is -0.242. The van der Waals surface area contributed by atoms with Gasteiger partial charge in [0.1, 0.15) is 5.75 Å². The molecule has 152 valence electrons. The van der Waals surface area contributed by atoms with Crippen molar-refractivity contribution in [3.63, 3.8) is 0 Å². The zero-order valence-electron chi connectivity index (χ0n) is 16.8. The summed E-state index contributed by atoms with van der Waals surface area (Å²) in [7, 11) is 1.53. The lowest BCUT2D eigenvalue weighted by Crippen LogP contribution is -2.31. The number of halogens is 1. The Balaban J connectivity index is 1.84. The maximum atomic E-state index is 13.6. The van der Waals surface area contributed by atoms with Crippen molar-refractivity contribution >= 4 is 44.2 Å². The Morgan fingerprint density at radius 3 is 2.73 bits per heavy atom. The lowest BCUT2D eigenvalue weighted by molar-refractivity contribution is 0.0982. The number of carbonyl (C=O) groups is 1. The number of hydrogen-bond acceptors (Lipinski definition) is 5. The summed E-state index contributed by atoms with van der Waals surface area (Å²) in [6.45, 7) is 4.38. The van der Waals surface area contributed by atoms with Crippen molar-refractivity contribution in [1.29, 1.82) is 0 Å². The molecule has 30 heavy (non-hydrogen) atoms. The van der Waals surface area contributed by atoms with Crippen LogP contribution in [0, 0.1) is 13.8 Å². The van der Waals surface area contributed by atoms with E-state index in [1.54, 1.807) is 29.3 Å². The Bertz CT molecular complexity index is 1220. The minimum Gasteiger partial charge on any atom is -0.496 e. The highest BCUT2D eigenvalue weighted by Crippen LogP contribution is 2.34. The molecule has 0 aliphatic carbocycles. The predicted octanol–water partition coefficient (Wildman–Crippen LogP) is 5.82. The van der Waals surface area contributed by atoms with Crippen LogP contribution in [-0.2, 0) is 6.54 Å². The number of fused-ring (bicyclic) bond motifs is 1. The van der Waals surface area contributed by atoms with E-state index in [2.05, 4.69) is 18.0 Å². The highest BCUT2D eigenvalue weighted by molar-refractivity contribution is 7.22. The van der Waals surface area contributed by atoms with Gasteiger partial charge in [0.15, 0.2) is 5.13 Å². The summed E-state index contributed by atoms with van der Waals surface area (Å²) in [5.74, 6) is 0.219. The summed E-state index contributed by atoms with van der Waals surface area (Å²) in [6, 6.07) is 14.8. The summed E-state index contributed by atoms with van der Waals surface area (Å²) in [5.41, 5.74) is 4.30. The molecule has 0 atom stereocenters. The summed E-state index contributed by atoms with van der Waals surface area (Å²) < 4.78 is 6.48. The van der Waals surface area contributed by atoms with E-state index < -0.39 is 0 Å². The number of aryl methyl sites for hydroxylation is 2. The quantitative estimate of drug-likeness (QED) is 0.395. The van der Waals surface area contributed by atoms with E-state index >= 15 is 0 Å². The first-order chi connectivity index (χ1) is 14.5. The molecule has 0 radical (unpaired) electrons. The summed E-state index contributed by atoms with van der Waals surface area (Å²) in [5, 5.41) is 1.07. The van der Waals surface area contributed by atoms with Gasteiger partial charge in [0.05, 0.1) is 35.1 Å². The molecule has 1 amide bonds. The van der Waals surface area contributed by atoms with E-state index in [1.165, 1.54) is 18.4 Å². The minimum absolute atomic E-state index is 0.242. The fourth-order valence-corrected chi connectivity index (χ4v) is 4.54. The van der Waals surface area contributed by atoms with Crippen molar-refractivity contribution in [3.8, 4) is 5.75 Å². The normalized spacial score (nSPS) is 10.9. The molecule has 0 aliphatic heterocycles. The fraction of sp³-hybridized carbons (Fsp3) is 0.174. The third-order valence-corrected chi connectivity index (χ3v) is 6.19. The maximum absolute atomic E-state index is 13.6. The average Bonchev–Trinajstić information content (AvgIpc) is 3.16. The van der Waals surface area contributed by atoms with Crippen LogP contribution in [0.1, 0.15) is 27.2 Å². The second-order valence-corrected chi connectivity index (χ2v) is 8.40. The van der Waals surface area contributed by atoms with Crippen molar-refractivity contribution < 1.29 is 9.53 Å². The first kappa shape index (κ1) is 20.3. The molecule has 2 aromatic carbocycles. The van der Waals surface area contributed by atoms with Crippen LogP contribution in [0.4, 0.5) is 5.13 Å². The molecule has 0 fully saturated rings. The average molecular weight is 438 g/mol. The molecule has 5 nitrogen and oxygen atoms in total. The fourth-order valence-electron chi connectivity index (χ4n) is 3.35. The van der Waals surface area contributed by atoms with E-state index in [4.69, 9.17) is 21.3 Å². The third-order valence-electron chi connectivity index (χ3n) is 4.72. The molecule has 0 saturated heterocycles. The van der Waals surface area contributed by atoms with Crippen LogP contribution in [0.5, 0.6) is 5.75 Å². The van der Waals surface area contributed by atoms with Crippen LogP contribution >= 0.6 is 22.9 Å². The van der Waals surface area contributed by atoms with Crippen LogP contribution in [0.3, 0.4) is 0 Å². The van der Waals surface area contributed by atoms with Crippen LogP contribution in [0.15, 0.2) is 54.7 Å². The zero-order valence-corrected chi connectivity index (χ0v) is 18.4. The second-order valence-electron chi connectivity index (χ2n) is 6.98. The number of amides is 1. The zero-order chi connectivity index (χ0) is 21.3. The summed E-state index contributed by atoms with van der Waals surface area (Å²) in [4.78, 5) is 24.4. The van der Waals surface area contributed by atoms with Crippen molar-refractivity contribution in [2.24, 2.45) is 0 Å². The van der Waals surface area contributed by atoms with E-state index in [0.29, 0.717) is 21.5 Å². The summed E-state index contributed by atoms with van der Waals surface area (Å²) >= 11 is 7.67. The Morgan fingerprint density at radius 1 is 1.17 bits per heavy atom. The van der Waals surface area contributed by atoms with Gasteiger partial charge in [-0.2, -0.15) is 0 Å². The number of aromatic nitrogens is 2. The van der Waals surface area contributed by atoms with Crippen LogP contribution in [0.2, 0.25) is 5.02 Å². The van der Waals surface area contributed by atoms with E-state index in [-0.39, 0.29) is 12.5 Å². The Kier molecular flexibility index (Phi) is 5.70.